The molecule has 5 nitrogen and oxygen atoms in total. The van der Waals surface area contributed by atoms with Crippen molar-refractivity contribution >= 4 is 28.9 Å². The van der Waals surface area contributed by atoms with E-state index in [9.17, 15) is 4.79 Å². The SMILES string of the molecule is C=CCOc1ccccc1NC(=S)NC(=O)c1ccc(OCCCCCC)cc1. The van der Waals surface area contributed by atoms with Gasteiger partial charge in [-0.15, -0.1) is 0 Å². The van der Waals surface area contributed by atoms with Crippen LogP contribution in [0.4, 0.5) is 5.69 Å². The lowest BCUT2D eigenvalue weighted by molar-refractivity contribution is 0.0977. The predicted octanol–water partition coefficient (Wildman–Crippen LogP) is 5.34. The second-order valence-corrected chi connectivity index (χ2v) is 6.85. The minimum atomic E-state index is -0.290. The number of unbranched alkanes of at least 4 members (excludes halogenated alkanes) is 3. The van der Waals surface area contributed by atoms with Gasteiger partial charge in [0.1, 0.15) is 18.1 Å². The molecule has 0 bridgehead atoms. The molecule has 2 aromatic rings. The minimum absolute atomic E-state index is 0.195. The Labute approximate surface area is 178 Å². The number of carbonyl (C=O) groups is 1. The molecule has 0 saturated heterocycles. The van der Waals surface area contributed by atoms with Gasteiger partial charge in [0.15, 0.2) is 5.11 Å². The first-order valence-corrected chi connectivity index (χ1v) is 10.2. The Morgan fingerprint density at radius 1 is 1.07 bits per heavy atom. The van der Waals surface area contributed by atoms with E-state index in [1.165, 1.54) is 19.3 Å². The normalized spacial score (nSPS) is 10.1. The number of amides is 1. The average molecular weight is 413 g/mol. The molecule has 2 N–H and O–H groups in total. The number of ether oxygens (including phenoxy) is 2. The fourth-order valence-electron chi connectivity index (χ4n) is 2.59. The molecule has 0 unspecified atom stereocenters. The van der Waals surface area contributed by atoms with E-state index in [1.807, 2.05) is 24.3 Å². The third-order valence-corrected chi connectivity index (χ3v) is 4.31. The Balaban J connectivity index is 1.85. The van der Waals surface area contributed by atoms with Crippen LogP contribution < -0.4 is 20.1 Å². The van der Waals surface area contributed by atoms with Crippen molar-refractivity contribution in [3.63, 3.8) is 0 Å². The molecule has 154 valence electrons. The lowest BCUT2D eigenvalue weighted by Crippen LogP contribution is -2.34. The first-order valence-electron chi connectivity index (χ1n) is 9.82. The second-order valence-electron chi connectivity index (χ2n) is 6.44. The van der Waals surface area contributed by atoms with Crippen molar-refractivity contribution in [2.45, 2.75) is 32.6 Å². The molecular weight excluding hydrogens is 384 g/mol. The molecule has 0 spiro atoms. The molecule has 0 saturated carbocycles. The molecule has 0 fully saturated rings. The van der Waals surface area contributed by atoms with E-state index in [0.717, 1.165) is 12.2 Å². The van der Waals surface area contributed by atoms with Gasteiger partial charge < -0.3 is 14.8 Å². The van der Waals surface area contributed by atoms with Crippen molar-refractivity contribution in [2.24, 2.45) is 0 Å². The minimum Gasteiger partial charge on any atom is -0.494 e. The summed E-state index contributed by atoms with van der Waals surface area (Å²) in [6, 6.07) is 14.4. The molecule has 0 aliphatic heterocycles. The van der Waals surface area contributed by atoms with Crippen LogP contribution in [0.15, 0.2) is 61.2 Å². The summed E-state index contributed by atoms with van der Waals surface area (Å²) in [6.45, 7) is 6.89. The zero-order valence-electron chi connectivity index (χ0n) is 16.8. The van der Waals surface area contributed by atoms with Crippen molar-refractivity contribution in [1.82, 2.24) is 5.32 Å². The van der Waals surface area contributed by atoms with E-state index < -0.39 is 0 Å². The van der Waals surface area contributed by atoms with E-state index in [0.29, 0.717) is 30.2 Å². The number of carbonyl (C=O) groups excluding carboxylic acids is 1. The summed E-state index contributed by atoms with van der Waals surface area (Å²) in [6.07, 6.45) is 6.29. The number of nitrogens with one attached hydrogen (secondary N) is 2. The summed E-state index contributed by atoms with van der Waals surface area (Å²) < 4.78 is 11.3. The van der Waals surface area contributed by atoms with Crippen LogP contribution in [0.5, 0.6) is 11.5 Å². The van der Waals surface area contributed by atoms with Gasteiger partial charge in [0.2, 0.25) is 0 Å². The zero-order chi connectivity index (χ0) is 20.9. The van der Waals surface area contributed by atoms with Crippen molar-refractivity contribution < 1.29 is 14.3 Å². The third kappa shape index (κ3) is 7.95. The van der Waals surface area contributed by atoms with E-state index in [-0.39, 0.29) is 11.0 Å². The van der Waals surface area contributed by atoms with Crippen LogP contribution in [0.2, 0.25) is 0 Å². The van der Waals surface area contributed by atoms with Crippen LogP contribution in [0.3, 0.4) is 0 Å². The number of benzene rings is 2. The highest BCUT2D eigenvalue weighted by Gasteiger charge is 2.10. The quantitative estimate of drug-likeness (QED) is 0.296. The number of thiocarbonyl (C=S) groups is 1. The second kappa shape index (κ2) is 12.6. The molecule has 0 aliphatic rings. The Kier molecular flexibility index (Phi) is 9.72. The van der Waals surface area contributed by atoms with Crippen molar-refractivity contribution in [3.8, 4) is 11.5 Å². The van der Waals surface area contributed by atoms with Gasteiger partial charge in [0.25, 0.3) is 5.91 Å². The molecule has 0 atom stereocenters. The van der Waals surface area contributed by atoms with Crippen LogP contribution in [-0.4, -0.2) is 24.2 Å². The summed E-state index contributed by atoms with van der Waals surface area (Å²) in [7, 11) is 0. The Morgan fingerprint density at radius 2 is 1.83 bits per heavy atom. The van der Waals surface area contributed by atoms with Gasteiger partial charge in [-0.3, -0.25) is 10.1 Å². The predicted molar refractivity (Wildman–Crippen MR) is 122 cm³/mol. The van der Waals surface area contributed by atoms with Crippen molar-refractivity contribution in [3.05, 3.63) is 66.7 Å². The maximum Gasteiger partial charge on any atom is 0.257 e. The van der Waals surface area contributed by atoms with Crippen LogP contribution in [0, 0.1) is 0 Å². The highest BCUT2D eigenvalue weighted by Crippen LogP contribution is 2.23. The average Bonchev–Trinajstić information content (AvgIpc) is 2.73. The highest BCUT2D eigenvalue weighted by atomic mass is 32.1. The van der Waals surface area contributed by atoms with Crippen molar-refractivity contribution in [2.75, 3.05) is 18.5 Å². The van der Waals surface area contributed by atoms with Crippen LogP contribution in [0.25, 0.3) is 0 Å². The third-order valence-electron chi connectivity index (χ3n) is 4.10. The molecule has 0 aromatic heterocycles. The maximum absolute atomic E-state index is 12.4. The standard InChI is InChI=1S/C23H28N2O3S/c1-3-5-6-9-17-27-19-14-12-18(13-15-19)22(26)25-23(29)24-20-10-7-8-11-21(20)28-16-4-2/h4,7-8,10-15H,2-3,5-6,9,16-17H2,1H3,(H2,24,25,26,29). The highest BCUT2D eigenvalue weighted by molar-refractivity contribution is 7.80. The van der Waals surface area contributed by atoms with Gasteiger partial charge in [0, 0.05) is 5.56 Å². The van der Waals surface area contributed by atoms with Crippen LogP contribution >= 0.6 is 12.2 Å². The lowest BCUT2D eigenvalue weighted by Gasteiger charge is -2.13. The van der Waals surface area contributed by atoms with E-state index in [1.54, 1.807) is 30.3 Å². The number of hydrogen-bond donors (Lipinski definition) is 2. The van der Waals surface area contributed by atoms with Gasteiger partial charge in [-0.25, -0.2) is 0 Å². The molecule has 1 amide bonds. The summed E-state index contributed by atoms with van der Waals surface area (Å²) in [5.74, 6) is 1.10. The monoisotopic (exact) mass is 412 g/mol. The molecule has 29 heavy (non-hydrogen) atoms. The lowest BCUT2D eigenvalue weighted by atomic mass is 10.2. The maximum atomic E-state index is 12.4. The zero-order valence-corrected chi connectivity index (χ0v) is 17.6. The van der Waals surface area contributed by atoms with Crippen LogP contribution in [0.1, 0.15) is 43.0 Å². The van der Waals surface area contributed by atoms with Crippen LogP contribution in [-0.2, 0) is 0 Å². The smallest absolute Gasteiger partial charge is 0.257 e. The molecular formula is C23H28N2O3S. The molecule has 0 aliphatic carbocycles. The van der Waals surface area contributed by atoms with Gasteiger partial charge in [0.05, 0.1) is 12.3 Å². The Bertz CT molecular complexity index is 806. The summed E-state index contributed by atoms with van der Waals surface area (Å²) >= 11 is 5.26. The van der Waals surface area contributed by atoms with Gasteiger partial charge in [-0.1, -0.05) is 51.0 Å². The summed E-state index contributed by atoms with van der Waals surface area (Å²) in [5, 5.41) is 5.87. The van der Waals surface area contributed by atoms with E-state index >= 15 is 0 Å². The van der Waals surface area contributed by atoms with Crippen molar-refractivity contribution in [1.29, 1.82) is 0 Å². The van der Waals surface area contributed by atoms with Gasteiger partial charge >= 0.3 is 0 Å². The summed E-state index contributed by atoms with van der Waals surface area (Å²) in [4.78, 5) is 12.4. The Morgan fingerprint density at radius 3 is 2.55 bits per heavy atom. The number of para-hydroxylation sites is 2. The topological polar surface area (TPSA) is 59.6 Å². The number of hydrogen-bond acceptors (Lipinski definition) is 4. The van der Waals surface area contributed by atoms with Gasteiger partial charge in [-0.05, 0) is 55.0 Å². The fraction of sp³-hybridized carbons (Fsp3) is 0.304. The van der Waals surface area contributed by atoms with Gasteiger partial charge in [-0.2, -0.15) is 0 Å². The molecule has 2 rings (SSSR count). The number of rotatable bonds is 11. The molecule has 6 heteroatoms. The summed E-state index contributed by atoms with van der Waals surface area (Å²) in [5.41, 5.74) is 1.18. The molecule has 0 heterocycles. The first-order chi connectivity index (χ1) is 14.1. The number of anilines is 1. The first kappa shape index (κ1) is 22.4. The van der Waals surface area contributed by atoms with E-state index in [4.69, 9.17) is 21.7 Å². The van der Waals surface area contributed by atoms with E-state index in [2.05, 4.69) is 24.1 Å². The largest absolute Gasteiger partial charge is 0.494 e. The molecule has 2 aromatic carbocycles. The Hall–Kier alpha value is -2.86. The molecule has 0 radical (unpaired) electrons. The fourth-order valence-corrected chi connectivity index (χ4v) is 2.80.